The third kappa shape index (κ3) is 3.16. The van der Waals surface area contributed by atoms with Crippen molar-refractivity contribution in [2.45, 2.75) is 18.9 Å². The van der Waals surface area contributed by atoms with E-state index in [0.29, 0.717) is 16.5 Å². The third-order valence-electron chi connectivity index (χ3n) is 3.32. The molecule has 0 unspecified atom stereocenters. The maximum Gasteiger partial charge on any atom is 0.227 e. The first-order valence-electron chi connectivity index (χ1n) is 5.98. The van der Waals surface area contributed by atoms with Gasteiger partial charge in [0.15, 0.2) is 0 Å². The second kappa shape index (κ2) is 5.91. The molecule has 2 rings (SSSR count). The van der Waals surface area contributed by atoms with Gasteiger partial charge in [0.2, 0.25) is 5.91 Å². The van der Waals surface area contributed by atoms with Crippen molar-refractivity contribution in [3.8, 4) is 0 Å². The summed E-state index contributed by atoms with van der Waals surface area (Å²) in [6, 6.07) is 5.49. The molecule has 1 amide bonds. The van der Waals surface area contributed by atoms with Crippen LogP contribution in [0.1, 0.15) is 12.0 Å². The molecule has 0 aliphatic carbocycles. The SMILES string of the molecule is CN(C(=O)Cc1cc(Cl)ccc1Cl)[C@H]1CCNC1. The number of hydrogen-bond donors (Lipinski definition) is 1. The van der Waals surface area contributed by atoms with Gasteiger partial charge in [-0.15, -0.1) is 0 Å². The van der Waals surface area contributed by atoms with E-state index in [0.717, 1.165) is 25.1 Å². The number of likely N-dealkylation sites (N-methyl/N-ethyl adjacent to an activating group) is 1. The van der Waals surface area contributed by atoms with Gasteiger partial charge in [-0.05, 0) is 36.7 Å². The highest BCUT2D eigenvalue weighted by molar-refractivity contribution is 6.33. The Kier molecular flexibility index (Phi) is 4.49. The summed E-state index contributed by atoms with van der Waals surface area (Å²) in [6.45, 7) is 1.84. The third-order valence-corrected chi connectivity index (χ3v) is 3.93. The molecule has 1 aliphatic rings. The second-order valence-corrected chi connectivity index (χ2v) is 5.41. The molecule has 1 heterocycles. The first-order chi connectivity index (χ1) is 8.58. The van der Waals surface area contributed by atoms with Gasteiger partial charge in [0.25, 0.3) is 0 Å². The van der Waals surface area contributed by atoms with Crippen molar-refractivity contribution in [2.24, 2.45) is 0 Å². The van der Waals surface area contributed by atoms with Crippen LogP contribution in [0.2, 0.25) is 10.0 Å². The smallest absolute Gasteiger partial charge is 0.227 e. The van der Waals surface area contributed by atoms with Gasteiger partial charge >= 0.3 is 0 Å². The second-order valence-electron chi connectivity index (χ2n) is 4.56. The van der Waals surface area contributed by atoms with Crippen LogP contribution in [0.4, 0.5) is 0 Å². The number of nitrogens with one attached hydrogen (secondary N) is 1. The van der Waals surface area contributed by atoms with Crippen molar-refractivity contribution < 1.29 is 4.79 Å². The quantitative estimate of drug-likeness (QED) is 0.925. The topological polar surface area (TPSA) is 32.3 Å². The van der Waals surface area contributed by atoms with E-state index in [2.05, 4.69) is 5.32 Å². The molecule has 1 aromatic rings. The highest BCUT2D eigenvalue weighted by Gasteiger charge is 2.23. The van der Waals surface area contributed by atoms with Crippen LogP contribution in [0.15, 0.2) is 18.2 Å². The number of carbonyl (C=O) groups excluding carboxylic acids is 1. The molecular weight excluding hydrogens is 271 g/mol. The number of carbonyl (C=O) groups is 1. The van der Waals surface area contributed by atoms with Gasteiger partial charge in [-0.25, -0.2) is 0 Å². The summed E-state index contributed by atoms with van der Waals surface area (Å²) in [5, 5.41) is 4.44. The van der Waals surface area contributed by atoms with Crippen LogP contribution >= 0.6 is 23.2 Å². The average molecular weight is 287 g/mol. The Balaban J connectivity index is 2.03. The van der Waals surface area contributed by atoms with E-state index in [-0.39, 0.29) is 11.9 Å². The molecule has 1 N–H and O–H groups in total. The zero-order valence-corrected chi connectivity index (χ0v) is 11.8. The molecule has 5 heteroatoms. The van der Waals surface area contributed by atoms with Crippen molar-refractivity contribution in [3.05, 3.63) is 33.8 Å². The summed E-state index contributed by atoms with van der Waals surface area (Å²) < 4.78 is 0. The van der Waals surface area contributed by atoms with E-state index >= 15 is 0 Å². The number of nitrogens with zero attached hydrogens (tertiary/aromatic N) is 1. The number of hydrogen-bond acceptors (Lipinski definition) is 2. The molecule has 0 aromatic heterocycles. The summed E-state index contributed by atoms with van der Waals surface area (Å²) >= 11 is 12.0. The fourth-order valence-corrected chi connectivity index (χ4v) is 2.52. The van der Waals surface area contributed by atoms with Gasteiger partial charge < -0.3 is 10.2 Å². The molecule has 98 valence electrons. The van der Waals surface area contributed by atoms with Crippen molar-refractivity contribution in [3.63, 3.8) is 0 Å². The lowest BCUT2D eigenvalue weighted by molar-refractivity contribution is -0.130. The fourth-order valence-electron chi connectivity index (χ4n) is 2.14. The van der Waals surface area contributed by atoms with Crippen LogP contribution in [-0.4, -0.2) is 37.0 Å². The zero-order chi connectivity index (χ0) is 13.1. The summed E-state index contributed by atoms with van der Waals surface area (Å²) in [4.78, 5) is 14.0. The first-order valence-corrected chi connectivity index (χ1v) is 6.74. The standard InChI is InChI=1S/C13H16Cl2N2O/c1-17(11-4-5-16-8-11)13(18)7-9-6-10(14)2-3-12(9)15/h2-3,6,11,16H,4-5,7-8H2,1H3/t11-/m0/s1. The van der Waals surface area contributed by atoms with Crippen molar-refractivity contribution >= 4 is 29.1 Å². The highest BCUT2D eigenvalue weighted by Crippen LogP contribution is 2.22. The number of rotatable bonds is 3. The van der Waals surface area contributed by atoms with Crippen molar-refractivity contribution in [1.29, 1.82) is 0 Å². The summed E-state index contributed by atoms with van der Waals surface area (Å²) in [5.74, 6) is 0.0767. The van der Waals surface area contributed by atoms with E-state index in [1.807, 2.05) is 7.05 Å². The van der Waals surface area contributed by atoms with Crippen LogP contribution in [0.25, 0.3) is 0 Å². The predicted molar refractivity (Wildman–Crippen MR) is 74.2 cm³/mol. The lowest BCUT2D eigenvalue weighted by atomic mass is 10.1. The Morgan fingerprint density at radius 3 is 2.94 bits per heavy atom. The highest BCUT2D eigenvalue weighted by atomic mass is 35.5. The van der Waals surface area contributed by atoms with Gasteiger partial charge in [-0.2, -0.15) is 0 Å². The van der Waals surface area contributed by atoms with Gasteiger partial charge in [0, 0.05) is 29.7 Å². The lowest BCUT2D eigenvalue weighted by Gasteiger charge is -2.24. The maximum absolute atomic E-state index is 12.2. The van der Waals surface area contributed by atoms with E-state index in [9.17, 15) is 4.79 Å². The molecule has 0 bridgehead atoms. The monoisotopic (exact) mass is 286 g/mol. The first kappa shape index (κ1) is 13.7. The normalized spacial score (nSPS) is 18.9. The van der Waals surface area contributed by atoms with E-state index in [1.165, 1.54) is 0 Å². The van der Waals surface area contributed by atoms with E-state index in [1.54, 1.807) is 23.1 Å². The zero-order valence-electron chi connectivity index (χ0n) is 10.2. The Morgan fingerprint density at radius 2 is 2.28 bits per heavy atom. The van der Waals surface area contributed by atoms with Crippen molar-refractivity contribution in [1.82, 2.24) is 10.2 Å². The Bertz CT molecular complexity index is 445. The number of amides is 1. The van der Waals surface area contributed by atoms with Gasteiger partial charge in [-0.3, -0.25) is 4.79 Å². The molecule has 1 aliphatic heterocycles. The van der Waals surface area contributed by atoms with Crippen LogP contribution in [-0.2, 0) is 11.2 Å². The number of benzene rings is 1. The van der Waals surface area contributed by atoms with Gasteiger partial charge in [0.1, 0.15) is 0 Å². The van der Waals surface area contributed by atoms with E-state index < -0.39 is 0 Å². The molecule has 0 spiro atoms. The molecule has 1 aromatic carbocycles. The van der Waals surface area contributed by atoms with Crippen LogP contribution in [0, 0.1) is 0 Å². The molecule has 0 saturated carbocycles. The molecule has 1 saturated heterocycles. The lowest BCUT2D eigenvalue weighted by Crippen LogP contribution is -2.39. The van der Waals surface area contributed by atoms with Crippen LogP contribution in [0.3, 0.4) is 0 Å². The Morgan fingerprint density at radius 1 is 1.50 bits per heavy atom. The minimum atomic E-state index is 0.0767. The maximum atomic E-state index is 12.2. The molecule has 1 fully saturated rings. The average Bonchev–Trinajstić information content (AvgIpc) is 2.86. The number of halogens is 2. The Labute approximate surface area is 117 Å². The van der Waals surface area contributed by atoms with Gasteiger partial charge in [-0.1, -0.05) is 23.2 Å². The minimum Gasteiger partial charge on any atom is -0.341 e. The molecule has 1 atom stereocenters. The fraction of sp³-hybridized carbons (Fsp3) is 0.462. The molecule has 0 radical (unpaired) electrons. The van der Waals surface area contributed by atoms with Crippen LogP contribution in [0.5, 0.6) is 0 Å². The molecule has 3 nitrogen and oxygen atoms in total. The van der Waals surface area contributed by atoms with Crippen molar-refractivity contribution in [2.75, 3.05) is 20.1 Å². The summed E-state index contributed by atoms with van der Waals surface area (Å²) in [7, 11) is 1.85. The van der Waals surface area contributed by atoms with Crippen LogP contribution < -0.4 is 5.32 Å². The molecule has 18 heavy (non-hydrogen) atoms. The molecular formula is C13H16Cl2N2O. The van der Waals surface area contributed by atoms with E-state index in [4.69, 9.17) is 23.2 Å². The predicted octanol–water partition coefficient (Wildman–Crippen LogP) is 2.36. The summed E-state index contributed by atoms with van der Waals surface area (Å²) in [5.41, 5.74) is 0.784. The summed E-state index contributed by atoms with van der Waals surface area (Å²) in [6.07, 6.45) is 1.30. The van der Waals surface area contributed by atoms with Gasteiger partial charge in [0.05, 0.1) is 6.42 Å². The minimum absolute atomic E-state index is 0.0767. The Hall–Kier alpha value is -0.770. The largest absolute Gasteiger partial charge is 0.341 e.